The Labute approximate surface area is 111 Å². The molecule has 0 N–H and O–H groups in total. The second-order valence-corrected chi connectivity index (χ2v) is 6.04. The molecule has 0 aromatic carbocycles. The van der Waals surface area contributed by atoms with Crippen LogP contribution in [0.4, 0.5) is 4.39 Å². The number of aromatic nitrogens is 1. The summed E-state index contributed by atoms with van der Waals surface area (Å²) in [5.74, 6) is 5.82. The van der Waals surface area contributed by atoms with Crippen LogP contribution in [0.5, 0.6) is 0 Å². The van der Waals surface area contributed by atoms with E-state index < -0.39 is 0 Å². The van der Waals surface area contributed by atoms with Crippen LogP contribution >= 0.6 is 11.3 Å². The lowest BCUT2D eigenvalue weighted by atomic mass is 9.94. The molecule has 0 spiro atoms. The number of pyridine rings is 1. The van der Waals surface area contributed by atoms with Crippen molar-refractivity contribution in [3.63, 3.8) is 0 Å². The fourth-order valence-electron chi connectivity index (χ4n) is 1.40. The van der Waals surface area contributed by atoms with E-state index in [1.165, 1.54) is 11.3 Å². The van der Waals surface area contributed by atoms with E-state index in [1.807, 2.05) is 18.2 Å². The van der Waals surface area contributed by atoms with Crippen LogP contribution in [-0.2, 0) is 5.41 Å². The Bertz CT molecular complexity index is 597. The number of halogens is 1. The van der Waals surface area contributed by atoms with Gasteiger partial charge >= 0.3 is 0 Å². The van der Waals surface area contributed by atoms with Crippen LogP contribution in [0.15, 0.2) is 30.6 Å². The lowest BCUT2D eigenvalue weighted by Crippen LogP contribution is -2.07. The number of nitrogens with zero attached hydrogens (tertiary/aromatic N) is 1. The predicted molar refractivity (Wildman–Crippen MR) is 73.2 cm³/mol. The van der Waals surface area contributed by atoms with E-state index in [-0.39, 0.29) is 10.5 Å². The van der Waals surface area contributed by atoms with Crippen LogP contribution in [0.2, 0.25) is 0 Å². The minimum atomic E-state index is -0.207. The number of hydrogen-bond donors (Lipinski definition) is 0. The fourth-order valence-corrected chi connectivity index (χ4v) is 2.29. The SMILES string of the molecule is CC(C)(C)c1cc(C#Cc2ccncc2)c(F)s1. The number of thiophene rings is 1. The lowest BCUT2D eigenvalue weighted by Gasteiger charge is -2.14. The molecule has 0 aliphatic rings. The van der Waals surface area contributed by atoms with Crippen molar-refractivity contribution in [3.8, 4) is 11.8 Å². The third-order valence-corrected chi connectivity index (χ3v) is 3.80. The summed E-state index contributed by atoms with van der Waals surface area (Å²) in [5, 5.41) is -0.207. The van der Waals surface area contributed by atoms with Crippen LogP contribution in [-0.4, -0.2) is 4.98 Å². The third-order valence-electron chi connectivity index (χ3n) is 2.45. The van der Waals surface area contributed by atoms with Crippen molar-refractivity contribution in [1.82, 2.24) is 4.98 Å². The van der Waals surface area contributed by atoms with Gasteiger partial charge in [-0.25, -0.2) is 0 Å². The second kappa shape index (κ2) is 4.91. The monoisotopic (exact) mass is 259 g/mol. The third kappa shape index (κ3) is 2.96. The summed E-state index contributed by atoms with van der Waals surface area (Å²) in [6, 6.07) is 5.46. The van der Waals surface area contributed by atoms with Crippen molar-refractivity contribution in [2.24, 2.45) is 0 Å². The number of hydrogen-bond acceptors (Lipinski definition) is 2. The van der Waals surface area contributed by atoms with Gasteiger partial charge in [0.1, 0.15) is 0 Å². The molecule has 0 unspecified atom stereocenters. The van der Waals surface area contributed by atoms with Gasteiger partial charge in [0.2, 0.25) is 0 Å². The van der Waals surface area contributed by atoms with Crippen LogP contribution in [0, 0.1) is 17.0 Å². The van der Waals surface area contributed by atoms with Gasteiger partial charge in [-0.15, -0.1) is 11.3 Å². The van der Waals surface area contributed by atoms with Crippen molar-refractivity contribution < 1.29 is 4.39 Å². The minimum absolute atomic E-state index is 0.0396. The molecule has 0 radical (unpaired) electrons. The highest BCUT2D eigenvalue weighted by Gasteiger charge is 2.18. The van der Waals surface area contributed by atoms with E-state index in [2.05, 4.69) is 37.6 Å². The summed E-state index contributed by atoms with van der Waals surface area (Å²) in [7, 11) is 0. The molecule has 0 saturated heterocycles. The highest BCUT2D eigenvalue weighted by molar-refractivity contribution is 7.10. The molecule has 0 fully saturated rings. The zero-order valence-electron chi connectivity index (χ0n) is 10.6. The Morgan fingerprint density at radius 3 is 2.39 bits per heavy atom. The first-order valence-corrected chi connectivity index (χ1v) is 6.50. The standard InChI is InChI=1S/C15H14FNS/c1-15(2,3)13-10-12(14(16)18-13)5-4-11-6-8-17-9-7-11/h6-10H,1-3H3. The van der Waals surface area contributed by atoms with Crippen LogP contribution in [0.25, 0.3) is 0 Å². The molecule has 0 bridgehead atoms. The Hall–Kier alpha value is -1.66. The molecule has 2 aromatic heterocycles. The van der Waals surface area contributed by atoms with Gasteiger partial charge in [0.05, 0.1) is 5.56 Å². The van der Waals surface area contributed by atoms with Gasteiger partial charge in [0, 0.05) is 22.8 Å². The minimum Gasteiger partial charge on any atom is -0.265 e. The molecule has 2 rings (SSSR count). The van der Waals surface area contributed by atoms with E-state index >= 15 is 0 Å². The molecular weight excluding hydrogens is 245 g/mol. The first-order valence-electron chi connectivity index (χ1n) is 5.68. The van der Waals surface area contributed by atoms with Gasteiger partial charge in [-0.3, -0.25) is 4.98 Å². The maximum atomic E-state index is 13.7. The summed E-state index contributed by atoms with van der Waals surface area (Å²) < 4.78 is 13.7. The average Bonchev–Trinajstić information content (AvgIpc) is 2.69. The summed E-state index contributed by atoms with van der Waals surface area (Å²) in [5.41, 5.74) is 1.27. The molecule has 0 atom stereocenters. The van der Waals surface area contributed by atoms with E-state index in [4.69, 9.17) is 0 Å². The van der Waals surface area contributed by atoms with Crippen molar-refractivity contribution in [2.75, 3.05) is 0 Å². The summed E-state index contributed by atoms with van der Waals surface area (Å²) in [4.78, 5) is 4.93. The summed E-state index contributed by atoms with van der Waals surface area (Å²) in [6.45, 7) is 6.20. The largest absolute Gasteiger partial charge is 0.265 e. The Morgan fingerprint density at radius 2 is 1.83 bits per heavy atom. The maximum absolute atomic E-state index is 13.7. The molecule has 1 nitrogen and oxygen atoms in total. The summed E-state index contributed by atoms with van der Waals surface area (Å²) >= 11 is 1.17. The van der Waals surface area contributed by atoms with E-state index in [0.717, 1.165) is 10.4 Å². The Balaban J connectivity index is 2.31. The lowest BCUT2D eigenvalue weighted by molar-refractivity contribution is 0.603. The van der Waals surface area contributed by atoms with Gasteiger partial charge in [-0.1, -0.05) is 32.6 Å². The Kier molecular flexibility index (Phi) is 3.49. The second-order valence-electron chi connectivity index (χ2n) is 5.03. The van der Waals surface area contributed by atoms with Gasteiger partial charge in [-0.05, 0) is 23.6 Å². The molecule has 92 valence electrons. The molecule has 2 aromatic rings. The zero-order chi connectivity index (χ0) is 13.2. The van der Waals surface area contributed by atoms with Crippen molar-refractivity contribution in [1.29, 1.82) is 0 Å². The molecule has 0 saturated carbocycles. The molecule has 2 heterocycles. The van der Waals surface area contributed by atoms with Crippen molar-refractivity contribution in [3.05, 3.63) is 51.7 Å². The van der Waals surface area contributed by atoms with Crippen LogP contribution in [0.3, 0.4) is 0 Å². The normalized spacial score (nSPS) is 10.9. The first kappa shape index (κ1) is 12.8. The smallest absolute Gasteiger partial charge is 0.192 e. The van der Waals surface area contributed by atoms with Gasteiger partial charge in [0.25, 0.3) is 0 Å². The van der Waals surface area contributed by atoms with Crippen LogP contribution < -0.4 is 0 Å². The number of rotatable bonds is 0. The molecule has 3 heteroatoms. The van der Waals surface area contributed by atoms with Gasteiger partial charge in [-0.2, -0.15) is 4.39 Å². The van der Waals surface area contributed by atoms with Crippen LogP contribution in [0.1, 0.15) is 36.8 Å². The highest BCUT2D eigenvalue weighted by Crippen LogP contribution is 2.31. The van der Waals surface area contributed by atoms with Crippen molar-refractivity contribution >= 4 is 11.3 Å². The summed E-state index contributed by atoms with van der Waals surface area (Å²) in [6.07, 6.45) is 3.35. The Morgan fingerprint density at radius 1 is 1.17 bits per heavy atom. The molecule has 0 aliphatic heterocycles. The van der Waals surface area contributed by atoms with Gasteiger partial charge in [0.15, 0.2) is 5.13 Å². The molecule has 0 amide bonds. The maximum Gasteiger partial charge on any atom is 0.192 e. The predicted octanol–water partition coefficient (Wildman–Crippen LogP) is 3.98. The van der Waals surface area contributed by atoms with Crippen molar-refractivity contribution in [2.45, 2.75) is 26.2 Å². The average molecular weight is 259 g/mol. The van der Waals surface area contributed by atoms with E-state index in [1.54, 1.807) is 12.4 Å². The fraction of sp³-hybridized carbons (Fsp3) is 0.267. The quantitative estimate of drug-likeness (QED) is 0.652. The topological polar surface area (TPSA) is 12.9 Å². The van der Waals surface area contributed by atoms with Gasteiger partial charge < -0.3 is 0 Å². The van der Waals surface area contributed by atoms with E-state index in [9.17, 15) is 4.39 Å². The highest BCUT2D eigenvalue weighted by atomic mass is 32.1. The van der Waals surface area contributed by atoms with E-state index in [0.29, 0.717) is 5.56 Å². The molecule has 18 heavy (non-hydrogen) atoms. The molecule has 0 aliphatic carbocycles. The zero-order valence-corrected chi connectivity index (χ0v) is 11.4. The molecular formula is C15H14FNS. The first-order chi connectivity index (χ1) is 8.47.